The van der Waals surface area contributed by atoms with Crippen LogP contribution in [0.3, 0.4) is 0 Å². The van der Waals surface area contributed by atoms with Crippen LogP contribution in [0.5, 0.6) is 0 Å². The molecule has 1 aromatic heterocycles. The van der Waals surface area contributed by atoms with Crippen molar-refractivity contribution in [3.63, 3.8) is 0 Å². The van der Waals surface area contributed by atoms with E-state index in [9.17, 15) is 13.2 Å². The number of alkyl halides is 3. The van der Waals surface area contributed by atoms with Gasteiger partial charge in [-0.25, -0.2) is 0 Å². The van der Waals surface area contributed by atoms with Gasteiger partial charge in [0.25, 0.3) is 0 Å². The Morgan fingerprint density at radius 3 is 2.46 bits per heavy atom. The van der Waals surface area contributed by atoms with E-state index < -0.39 is 11.7 Å². The maximum Gasteiger partial charge on any atom is 0.417 e. The number of hydrogen-bond donors (Lipinski definition) is 1. The van der Waals surface area contributed by atoms with Crippen molar-refractivity contribution in [2.75, 3.05) is 0 Å². The number of hydrogen-bond acceptors (Lipinski definition) is 2. The average molecular weight is 190 g/mol. The van der Waals surface area contributed by atoms with E-state index in [1.165, 1.54) is 0 Å². The molecule has 0 radical (unpaired) electrons. The molecule has 0 aliphatic heterocycles. The first-order valence-corrected chi connectivity index (χ1v) is 3.68. The van der Waals surface area contributed by atoms with E-state index in [-0.39, 0.29) is 6.54 Å². The molecule has 0 fully saturated rings. The number of aryl methyl sites for hydroxylation is 1. The SMILES string of the molecule is Cc1cc(C(F)(F)F)cnc1CN. The summed E-state index contributed by atoms with van der Waals surface area (Å²) in [5, 5.41) is 0. The first kappa shape index (κ1) is 9.98. The lowest BCUT2D eigenvalue weighted by molar-refractivity contribution is -0.137. The molecule has 1 heterocycles. The summed E-state index contributed by atoms with van der Waals surface area (Å²) in [6.45, 7) is 1.72. The van der Waals surface area contributed by atoms with E-state index in [4.69, 9.17) is 5.73 Å². The van der Waals surface area contributed by atoms with Crippen molar-refractivity contribution in [3.05, 3.63) is 29.1 Å². The summed E-state index contributed by atoms with van der Waals surface area (Å²) >= 11 is 0. The molecule has 2 N–H and O–H groups in total. The highest BCUT2D eigenvalue weighted by Crippen LogP contribution is 2.29. The van der Waals surface area contributed by atoms with E-state index >= 15 is 0 Å². The molecular formula is C8H9F3N2. The fourth-order valence-electron chi connectivity index (χ4n) is 0.972. The summed E-state index contributed by atoms with van der Waals surface area (Å²) in [6.07, 6.45) is -3.53. The standard InChI is InChI=1S/C8H9F3N2/c1-5-2-6(8(9,10)11)4-13-7(5)3-12/h2,4H,3,12H2,1H3. The number of nitrogens with zero attached hydrogens (tertiary/aromatic N) is 1. The van der Waals surface area contributed by atoms with Crippen molar-refractivity contribution in [2.45, 2.75) is 19.6 Å². The van der Waals surface area contributed by atoms with E-state index in [1.54, 1.807) is 6.92 Å². The molecule has 0 saturated carbocycles. The van der Waals surface area contributed by atoms with Gasteiger partial charge in [0, 0.05) is 12.7 Å². The molecular weight excluding hydrogens is 181 g/mol. The highest BCUT2D eigenvalue weighted by atomic mass is 19.4. The molecule has 0 bridgehead atoms. The van der Waals surface area contributed by atoms with Crippen LogP contribution in [0.2, 0.25) is 0 Å². The van der Waals surface area contributed by atoms with Crippen LogP contribution in [0.1, 0.15) is 16.8 Å². The number of pyridine rings is 1. The average Bonchev–Trinajstić information content (AvgIpc) is 2.02. The zero-order valence-corrected chi connectivity index (χ0v) is 7.02. The summed E-state index contributed by atoms with van der Waals surface area (Å²) in [5.74, 6) is 0. The van der Waals surface area contributed by atoms with Crippen LogP contribution in [-0.4, -0.2) is 4.98 Å². The Morgan fingerprint density at radius 1 is 1.46 bits per heavy atom. The number of nitrogens with two attached hydrogens (primary N) is 1. The summed E-state index contributed by atoms with van der Waals surface area (Å²) in [7, 11) is 0. The Morgan fingerprint density at radius 2 is 2.08 bits per heavy atom. The summed E-state index contributed by atoms with van der Waals surface area (Å²) in [4.78, 5) is 3.62. The molecule has 0 aromatic carbocycles. The quantitative estimate of drug-likeness (QED) is 0.734. The number of halogens is 3. The van der Waals surface area contributed by atoms with E-state index in [0.29, 0.717) is 11.3 Å². The normalized spacial score (nSPS) is 11.8. The molecule has 2 nitrogen and oxygen atoms in total. The second kappa shape index (κ2) is 3.33. The van der Waals surface area contributed by atoms with Crippen LogP contribution in [0, 0.1) is 6.92 Å². The fourth-order valence-corrected chi connectivity index (χ4v) is 0.972. The van der Waals surface area contributed by atoms with Crippen molar-refractivity contribution in [1.29, 1.82) is 0 Å². The van der Waals surface area contributed by atoms with Crippen molar-refractivity contribution >= 4 is 0 Å². The van der Waals surface area contributed by atoms with Gasteiger partial charge in [-0.15, -0.1) is 0 Å². The third kappa shape index (κ3) is 2.18. The Balaban J connectivity index is 3.10. The first-order valence-electron chi connectivity index (χ1n) is 3.68. The Bertz CT molecular complexity index is 307. The van der Waals surface area contributed by atoms with Crippen LogP contribution in [0.25, 0.3) is 0 Å². The van der Waals surface area contributed by atoms with Crippen LogP contribution in [0.15, 0.2) is 12.3 Å². The Labute approximate surface area is 73.6 Å². The van der Waals surface area contributed by atoms with E-state index in [2.05, 4.69) is 4.98 Å². The molecule has 0 amide bonds. The van der Waals surface area contributed by atoms with E-state index in [0.717, 1.165) is 12.3 Å². The topological polar surface area (TPSA) is 38.9 Å². The Hall–Kier alpha value is -1.10. The second-order valence-corrected chi connectivity index (χ2v) is 2.69. The minimum absolute atomic E-state index is 0.157. The third-order valence-corrected chi connectivity index (χ3v) is 1.71. The predicted molar refractivity (Wildman–Crippen MR) is 41.9 cm³/mol. The minimum Gasteiger partial charge on any atom is -0.325 e. The van der Waals surface area contributed by atoms with Crippen molar-refractivity contribution in [3.8, 4) is 0 Å². The number of aromatic nitrogens is 1. The molecule has 0 saturated heterocycles. The van der Waals surface area contributed by atoms with Crippen LogP contribution in [-0.2, 0) is 12.7 Å². The molecule has 72 valence electrons. The molecule has 5 heteroatoms. The number of rotatable bonds is 1. The molecule has 0 spiro atoms. The third-order valence-electron chi connectivity index (χ3n) is 1.71. The second-order valence-electron chi connectivity index (χ2n) is 2.69. The van der Waals surface area contributed by atoms with Gasteiger partial charge in [0.05, 0.1) is 11.3 Å². The largest absolute Gasteiger partial charge is 0.417 e. The lowest BCUT2D eigenvalue weighted by Gasteiger charge is -2.08. The first-order chi connectivity index (χ1) is 5.95. The molecule has 0 unspecified atom stereocenters. The van der Waals surface area contributed by atoms with Gasteiger partial charge in [0.15, 0.2) is 0 Å². The summed E-state index contributed by atoms with van der Waals surface area (Å²) in [5.41, 5.74) is 5.50. The fraction of sp³-hybridized carbons (Fsp3) is 0.375. The van der Waals surface area contributed by atoms with Gasteiger partial charge in [-0.2, -0.15) is 13.2 Å². The maximum absolute atomic E-state index is 12.1. The molecule has 0 aliphatic rings. The van der Waals surface area contributed by atoms with Gasteiger partial charge in [0.1, 0.15) is 0 Å². The van der Waals surface area contributed by atoms with Gasteiger partial charge in [-0.3, -0.25) is 4.98 Å². The van der Waals surface area contributed by atoms with Gasteiger partial charge < -0.3 is 5.73 Å². The van der Waals surface area contributed by atoms with Gasteiger partial charge >= 0.3 is 6.18 Å². The van der Waals surface area contributed by atoms with Crippen molar-refractivity contribution in [2.24, 2.45) is 5.73 Å². The van der Waals surface area contributed by atoms with Crippen LogP contribution < -0.4 is 5.73 Å². The van der Waals surface area contributed by atoms with Crippen LogP contribution in [0.4, 0.5) is 13.2 Å². The lowest BCUT2D eigenvalue weighted by atomic mass is 10.1. The van der Waals surface area contributed by atoms with Crippen LogP contribution >= 0.6 is 0 Å². The van der Waals surface area contributed by atoms with Gasteiger partial charge in [-0.05, 0) is 18.6 Å². The molecule has 1 rings (SSSR count). The van der Waals surface area contributed by atoms with Crippen molar-refractivity contribution in [1.82, 2.24) is 4.98 Å². The minimum atomic E-state index is -4.33. The van der Waals surface area contributed by atoms with Gasteiger partial charge in [0.2, 0.25) is 0 Å². The van der Waals surface area contributed by atoms with Gasteiger partial charge in [-0.1, -0.05) is 0 Å². The predicted octanol–water partition coefficient (Wildman–Crippen LogP) is 1.87. The maximum atomic E-state index is 12.1. The molecule has 13 heavy (non-hydrogen) atoms. The zero-order valence-electron chi connectivity index (χ0n) is 7.02. The highest BCUT2D eigenvalue weighted by Gasteiger charge is 2.31. The molecule has 0 atom stereocenters. The highest BCUT2D eigenvalue weighted by molar-refractivity contribution is 5.25. The van der Waals surface area contributed by atoms with Crippen molar-refractivity contribution < 1.29 is 13.2 Å². The summed E-state index contributed by atoms with van der Waals surface area (Å²) < 4.78 is 36.4. The molecule has 1 aromatic rings. The molecule has 0 aliphatic carbocycles. The van der Waals surface area contributed by atoms with E-state index in [1.807, 2.05) is 0 Å². The monoisotopic (exact) mass is 190 g/mol. The Kier molecular flexibility index (Phi) is 2.56. The lowest BCUT2D eigenvalue weighted by Crippen LogP contribution is -2.09. The smallest absolute Gasteiger partial charge is 0.325 e. The summed E-state index contributed by atoms with van der Waals surface area (Å²) in [6, 6.07) is 1.05. The zero-order chi connectivity index (χ0) is 10.1.